The van der Waals surface area contributed by atoms with Crippen molar-refractivity contribution in [3.05, 3.63) is 41.6 Å². The van der Waals surface area contributed by atoms with Gasteiger partial charge >= 0.3 is 0 Å². The predicted molar refractivity (Wildman–Crippen MR) is 70.1 cm³/mol. The molecule has 0 aliphatic rings. The zero-order valence-corrected chi connectivity index (χ0v) is 10.3. The van der Waals surface area contributed by atoms with Gasteiger partial charge in [-0.1, -0.05) is 0 Å². The summed E-state index contributed by atoms with van der Waals surface area (Å²) in [7, 11) is 1.67. The zero-order valence-electron chi connectivity index (χ0n) is 10.3. The third kappa shape index (κ3) is 2.23. The van der Waals surface area contributed by atoms with Gasteiger partial charge in [-0.05, 0) is 49.7 Å². The second-order valence-corrected chi connectivity index (χ2v) is 4.07. The van der Waals surface area contributed by atoms with Crippen LogP contribution in [0.2, 0.25) is 0 Å². The Kier molecular flexibility index (Phi) is 3.00. The van der Waals surface area contributed by atoms with Gasteiger partial charge in [-0.15, -0.1) is 0 Å². The van der Waals surface area contributed by atoms with Crippen LogP contribution in [0.3, 0.4) is 0 Å². The van der Waals surface area contributed by atoms with Crippen LogP contribution in [0.4, 0.5) is 5.69 Å². The van der Waals surface area contributed by atoms with Crippen LogP contribution in [-0.2, 0) is 0 Å². The molecule has 2 rings (SSSR count). The van der Waals surface area contributed by atoms with Crippen molar-refractivity contribution in [3.63, 3.8) is 0 Å². The molecule has 1 heterocycles. The summed E-state index contributed by atoms with van der Waals surface area (Å²) in [4.78, 5) is 4.47. The quantitative estimate of drug-likeness (QED) is 0.859. The van der Waals surface area contributed by atoms with E-state index in [0.29, 0.717) is 5.69 Å². The Balaban J connectivity index is 2.53. The molecule has 17 heavy (non-hydrogen) atoms. The first-order chi connectivity index (χ1) is 8.11. The highest BCUT2D eigenvalue weighted by molar-refractivity contribution is 5.73. The largest absolute Gasteiger partial charge is 0.496 e. The molecule has 2 N–H and O–H groups in total. The van der Waals surface area contributed by atoms with Gasteiger partial charge in [0.1, 0.15) is 5.75 Å². The Hall–Kier alpha value is -2.03. The maximum atomic E-state index is 5.95. The van der Waals surface area contributed by atoms with E-state index >= 15 is 0 Å². The smallest absolute Gasteiger partial charge is 0.121 e. The molecule has 0 aliphatic heterocycles. The van der Waals surface area contributed by atoms with Gasteiger partial charge < -0.3 is 10.5 Å². The van der Waals surface area contributed by atoms with Crippen molar-refractivity contribution in [2.24, 2.45) is 0 Å². The van der Waals surface area contributed by atoms with Crippen molar-refractivity contribution in [2.75, 3.05) is 12.8 Å². The maximum absolute atomic E-state index is 5.95. The lowest BCUT2D eigenvalue weighted by Crippen LogP contribution is -1.96. The number of aromatic nitrogens is 1. The van der Waals surface area contributed by atoms with Crippen LogP contribution >= 0.6 is 0 Å². The number of nitrogens with zero attached hydrogens (tertiary/aromatic N) is 1. The van der Waals surface area contributed by atoms with E-state index in [2.05, 4.69) is 4.98 Å². The average molecular weight is 228 g/mol. The third-order valence-corrected chi connectivity index (χ3v) is 2.73. The number of anilines is 1. The normalized spacial score (nSPS) is 10.3. The Labute approximate surface area is 101 Å². The monoisotopic (exact) mass is 228 g/mol. The van der Waals surface area contributed by atoms with Crippen molar-refractivity contribution in [2.45, 2.75) is 13.8 Å². The van der Waals surface area contributed by atoms with Crippen LogP contribution in [0.15, 0.2) is 30.3 Å². The van der Waals surface area contributed by atoms with Gasteiger partial charge in [0.15, 0.2) is 0 Å². The molecule has 0 radical (unpaired) electrons. The highest BCUT2D eigenvalue weighted by Gasteiger charge is 2.07. The van der Waals surface area contributed by atoms with E-state index in [1.165, 1.54) is 0 Å². The van der Waals surface area contributed by atoms with E-state index in [1.807, 2.05) is 44.2 Å². The highest BCUT2D eigenvalue weighted by Crippen LogP contribution is 2.28. The van der Waals surface area contributed by atoms with Crippen LogP contribution in [0.5, 0.6) is 5.75 Å². The first kappa shape index (κ1) is 11.5. The van der Waals surface area contributed by atoms with Gasteiger partial charge in [-0.3, -0.25) is 4.98 Å². The van der Waals surface area contributed by atoms with E-state index in [1.54, 1.807) is 7.11 Å². The summed E-state index contributed by atoms with van der Waals surface area (Å²) in [5.74, 6) is 0.875. The lowest BCUT2D eigenvalue weighted by atomic mass is 10.1. The second-order valence-electron chi connectivity index (χ2n) is 4.07. The summed E-state index contributed by atoms with van der Waals surface area (Å²) >= 11 is 0. The van der Waals surface area contributed by atoms with Gasteiger partial charge in [0.05, 0.1) is 18.5 Å². The number of benzene rings is 1. The number of hydrogen-bond acceptors (Lipinski definition) is 3. The number of ether oxygens (including phenoxy) is 1. The van der Waals surface area contributed by atoms with Crippen molar-refractivity contribution in [1.82, 2.24) is 4.98 Å². The summed E-state index contributed by atoms with van der Waals surface area (Å²) in [6.07, 6.45) is 0. The molecule has 0 saturated carbocycles. The minimum atomic E-state index is 0.695. The molecule has 0 aliphatic carbocycles. The molecule has 0 atom stereocenters. The van der Waals surface area contributed by atoms with Crippen molar-refractivity contribution < 1.29 is 4.74 Å². The first-order valence-corrected chi connectivity index (χ1v) is 5.50. The van der Waals surface area contributed by atoms with Crippen LogP contribution in [0, 0.1) is 13.8 Å². The van der Waals surface area contributed by atoms with E-state index < -0.39 is 0 Å². The number of aryl methyl sites for hydroxylation is 2. The second kappa shape index (κ2) is 4.45. The third-order valence-electron chi connectivity index (χ3n) is 2.73. The summed E-state index contributed by atoms with van der Waals surface area (Å²) < 4.78 is 5.24. The lowest BCUT2D eigenvalue weighted by Gasteiger charge is -2.09. The summed E-state index contributed by atoms with van der Waals surface area (Å²) in [6.45, 7) is 3.97. The van der Waals surface area contributed by atoms with Crippen molar-refractivity contribution in [3.8, 4) is 17.0 Å². The lowest BCUT2D eigenvalue weighted by molar-refractivity contribution is 0.412. The predicted octanol–water partition coefficient (Wildman–Crippen LogP) is 2.96. The standard InChI is InChI=1S/C14H16N2O/c1-9-8-11(5-7-13(9)17-3)14-12(15)6-4-10(2)16-14/h4-8H,15H2,1-3H3. The number of nitrogen functional groups attached to an aromatic ring is 1. The number of methoxy groups -OCH3 is 1. The molecule has 0 spiro atoms. The summed E-state index contributed by atoms with van der Waals surface area (Å²) in [6, 6.07) is 9.75. The van der Waals surface area contributed by atoms with E-state index in [9.17, 15) is 0 Å². The molecule has 0 fully saturated rings. The highest BCUT2D eigenvalue weighted by atomic mass is 16.5. The minimum Gasteiger partial charge on any atom is -0.496 e. The van der Waals surface area contributed by atoms with Gasteiger partial charge in [0.2, 0.25) is 0 Å². The van der Waals surface area contributed by atoms with Crippen molar-refractivity contribution >= 4 is 5.69 Å². The summed E-state index contributed by atoms with van der Waals surface area (Å²) in [5, 5.41) is 0. The molecular formula is C14H16N2O. The molecule has 3 nitrogen and oxygen atoms in total. The van der Waals surface area contributed by atoms with Crippen LogP contribution in [-0.4, -0.2) is 12.1 Å². The van der Waals surface area contributed by atoms with Gasteiger partial charge in [0.25, 0.3) is 0 Å². The van der Waals surface area contributed by atoms with Crippen molar-refractivity contribution in [1.29, 1.82) is 0 Å². The van der Waals surface area contributed by atoms with Crippen LogP contribution in [0.25, 0.3) is 11.3 Å². The molecule has 2 aromatic rings. The number of pyridine rings is 1. The molecule has 3 heteroatoms. The van der Waals surface area contributed by atoms with Crippen LogP contribution in [0.1, 0.15) is 11.3 Å². The Morgan fingerprint density at radius 2 is 1.88 bits per heavy atom. The minimum absolute atomic E-state index is 0.695. The van der Waals surface area contributed by atoms with Gasteiger partial charge in [-0.2, -0.15) is 0 Å². The Morgan fingerprint density at radius 3 is 2.53 bits per heavy atom. The van der Waals surface area contributed by atoms with E-state index in [-0.39, 0.29) is 0 Å². The average Bonchev–Trinajstić information content (AvgIpc) is 2.32. The van der Waals surface area contributed by atoms with E-state index in [0.717, 1.165) is 28.3 Å². The number of nitrogens with two attached hydrogens (primary N) is 1. The Bertz CT molecular complexity index is 550. The topological polar surface area (TPSA) is 48.1 Å². The van der Waals surface area contributed by atoms with Crippen LogP contribution < -0.4 is 10.5 Å². The number of hydrogen-bond donors (Lipinski definition) is 1. The zero-order chi connectivity index (χ0) is 12.4. The SMILES string of the molecule is COc1ccc(-c2nc(C)ccc2N)cc1C. The summed E-state index contributed by atoms with van der Waals surface area (Å²) in [5.41, 5.74) is 10.5. The first-order valence-electron chi connectivity index (χ1n) is 5.50. The van der Waals surface area contributed by atoms with Gasteiger partial charge in [-0.25, -0.2) is 0 Å². The fourth-order valence-electron chi connectivity index (χ4n) is 1.82. The van der Waals surface area contributed by atoms with E-state index in [4.69, 9.17) is 10.5 Å². The molecular weight excluding hydrogens is 212 g/mol. The molecule has 0 bridgehead atoms. The molecule has 1 aromatic heterocycles. The Morgan fingerprint density at radius 1 is 1.12 bits per heavy atom. The maximum Gasteiger partial charge on any atom is 0.121 e. The molecule has 0 saturated heterocycles. The fraction of sp³-hybridized carbons (Fsp3) is 0.214. The molecule has 0 unspecified atom stereocenters. The molecule has 0 amide bonds. The fourth-order valence-corrected chi connectivity index (χ4v) is 1.82. The molecule has 88 valence electrons. The van der Waals surface area contributed by atoms with Gasteiger partial charge in [0, 0.05) is 11.3 Å². The number of rotatable bonds is 2. The molecule has 1 aromatic carbocycles.